The number of hydrogen-bond acceptors (Lipinski definition) is 5. The SMILES string of the molecule is CCOc1ccc(NC(=O)c2ccc(=O)n(Cc3ccc([N+](=O)[O-])cc3)c2)cc1. The highest BCUT2D eigenvalue weighted by Crippen LogP contribution is 2.17. The Morgan fingerprint density at radius 1 is 1.07 bits per heavy atom. The van der Waals surface area contributed by atoms with E-state index in [9.17, 15) is 19.7 Å². The largest absolute Gasteiger partial charge is 0.494 e. The predicted octanol–water partition coefficient (Wildman–Crippen LogP) is 3.46. The number of non-ortho nitro benzene ring substituents is 1. The zero-order valence-electron chi connectivity index (χ0n) is 15.7. The van der Waals surface area contributed by atoms with Gasteiger partial charge in [0.25, 0.3) is 17.2 Å². The summed E-state index contributed by atoms with van der Waals surface area (Å²) in [6, 6.07) is 15.7. The van der Waals surface area contributed by atoms with E-state index in [1.54, 1.807) is 36.4 Å². The molecule has 0 radical (unpaired) electrons. The number of amides is 1. The fourth-order valence-electron chi connectivity index (χ4n) is 2.71. The summed E-state index contributed by atoms with van der Waals surface area (Å²) in [6.45, 7) is 2.64. The summed E-state index contributed by atoms with van der Waals surface area (Å²) in [7, 11) is 0. The van der Waals surface area contributed by atoms with E-state index in [0.29, 0.717) is 29.2 Å². The summed E-state index contributed by atoms with van der Waals surface area (Å²) >= 11 is 0. The van der Waals surface area contributed by atoms with Gasteiger partial charge >= 0.3 is 0 Å². The molecule has 0 aliphatic heterocycles. The number of carbonyl (C=O) groups excluding carboxylic acids is 1. The van der Waals surface area contributed by atoms with Crippen molar-refractivity contribution in [2.45, 2.75) is 13.5 Å². The Morgan fingerprint density at radius 2 is 1.76 bits per heavy atom. The molecule has 8 nitrogen and oxygen atoms in total. The number of benzene rings is 2. The number of ether oxygens (including phenoxy) is 1. The number of nitro benzene ring substituents is 1. The maximum atomic E-state index is 12.5. The average Bonchev–Trinajstić information content (AvgIpc) is 2.71. The standard InChI is InChI=1S/C21H19N3O5/c1-2-29-19-10-6-17(7-11-19)22-21(26)16-5-12-20(25)23(14-16)13-15-3-8-18(9-4-15)24(27)28/h3-12,14H,2,13H2,1H3,(H,22,26). The van der Waals surface area contributed by atoms with Crippen LogP contribution < -0.4 is 15.6 Å². The molecule has 3 rings (SSSR count). The topological polar surface area (TPSA) is 103 Å². The van der Waals surface area contributed by atoms with Crippen molar-refractivity contribution in [2.24, 2.45) is 0 Å². The molecule has 148 valence electrons. The lowest BCUT2D eigenvalue weighted by Gasteiger charge is -2.10. The highest BCUT2D eigenvalue weighted by Gasteiger charge is 2.10. The summed E-state index contributed by atoms with van der Waals surface area (Å²) < 4.78 is 6.75. The average molecular weight is 393 g/mol. The van der Waals surface area contributed by atoms with Gasteiger partial charge in [0.1, 0.15) is 5.75 Å². The van der Waals surface area contributed by atoms with Crippen LogP contribution in [0.2, 0.25) is 0 Å². The maximum Gasteiger partial charge on any atom is 0.269 e. The quantitative estimate of drug-likeness (QED) is 0.489. The van der Waals surface area contributed by atoms with Gasteiger partial charge in [0.15, 0.2) is 0 Å². The first-order valence-electron chi connectivity index (χ1n) is 8.94. The Balaban J connectivity index is 1.74. The molecule has 29 heavy (non-hydrogen) atoms. The Labute approximate surface area is 166 Å². The Morgan fingerprint density at radius 3 is 2.38 bits per heavy atom. The van der Waals surface area contributed by atoms with Crippen molar-refractivity contribution in [1.29, 1.82) is 0 Å². The van der Waals surface area contributed by atoms with Crippen molar-refractivity contribution in [3.8, 4) is 5.75 Å². The van der Waals surface area contributed by atoms with Gasteiger partial charge in [-0.15, -0.1) is 0 Å². The third-order valence-electron chi connectivity index (χ3n) is 4.17. The van der Waals surface area contributed by atoms with E-state index in [0.717, 1.165) is 0 Å². The minimum absolute atomic E-state index is 0.0235. The molecule has 1 amide bonds. The van der Waals surface area contributed by atoms with Crippen molar-refractivity contribution in [3.63, 3.8) is 0 Å². The molecule has 2 aromatic carbocycles. The van der Waals surface area contributed by atoms with Crippen LogP contribution in [-0.4, -0.2) is 22.0 Å². The highest BCUT2D eigenvalue weighted by atomic mass is 16.6. The van der Waals surface area contributed by atoms with Gasteiger partial charge in [0.2, 0.25) is 0 Å². The zero-order valence-corrected chi connectivity index (χ0v) is 15.7. The van der Waals surface area contributed by atoms with Crippen LogP contribution in [-0.2, 0) is 6.54 Å². The molecular formula is C21H19N3O5. The molecule has 0 spiro atoms. The fourth-order valence-corrected chi connectivity index (χ4v) is 2.71. The van der Waals surface area contributed by atoms with E-state index >= 15 is 0 Å². The summed E-state index contributed by atoms with van der Waals surface area (Å²) in [5.41, 5.74) is 1.33. The lowest BCUT2D eigenvalue weighted by molar-refractivity contribution is -0.384. The van der Waals surface area contributed by atoms with Crippen LogP contribution >= 0.6 is 0 Å². The van der Waals surface area contributed by atoms with Gasteiger partial charge in [-0.25, -0.2) is 0 Å². The minimum Gasteiger partial charge on any atom is -0.494 e. The van der Waals surface area contributed by atoms with Crippen LogP contribution in [0.1, 0.15) is 22.8 Å². The van der Waals surface area contributed by atoms with Crippen LogP contribution in [0.5, 0.6) is 5.75 Å². The third-order valence-corrected chi connectivity index (χ3v) is 4.17. The van der Waals surface area contributed by atoms with E-state index < -0.39 is 4.92 Å². The molecule has 0 bridgehead atoms. The van der Waals surface area contributed by atoms with Crippen molar-refractivity contribution < 1.29 is 14.5 Å². The summed E-state index contributed by atoms with van der Waals surface area (Å²) in [5, 5.41) is 13.5. The second-order valence-corrected chi connectivity index (χ2v) is 6.22. The van der Waals surface area contributed by atoms with Gasteiger partial charge in [-0.3, -0.25) is 19.7 Å². The van der Waals surface area contributed by atoms with E-state index in [-0.39, 0.29) is 23.7 Å². The lowest BCUT2D eigenvalue weighted by Crippen LogP contribution is -2.22. The molecule has 1 N–H and O–H groups in total. The molecule has 0 aliphatic rings. The summed E-state index contributed by atoms with van der Waals surface area (Å²) in [4.78, 5) is 34.9. The number of aromatic nitrogens is 1. The van der Waals surface area contributed by atoms with Crippen LogP contribution in [0.25, 0.3) is 0 Å². The van der Waals surface area contributed by atoms with Gasteiger partial charge < -0.3 is 14.6 Å². The molecule has 1 aromatic heterocycles. The van der Waals surface area contributed by atoms with Crippen LogP contribution in [0.3, 0.4) is 0 Å². The molecule has 0 saturated heterocycles. The number of nitro groups is 1. The van der Waals surface area contributed by atoms with Gasteiger partial charge in [0.05, 0.1) is 23.6 Å². The van der Waals surface area contributed by atoms with Crippen LogP contribution in [0, 0.1) is 10.1 Å². The molecule has 8 heteroatoms. The predicted molar refractivity (Wildman–Crippen MR) is 108 cm³/mol. The molecule has 0 aliphatic carbocycles. The first-order chi connectivity index (χ1) is 14.0. The Hall–Kier alpha value is -3.94. The van der Waals surface area contributed by atoms with Crippen LogP contribution in [0.15, 0.2) is 71.7 Å². The van der Waals surface area contributed by atoms with Crippen LogP contribution in [0.4, 0.5) is 11.4 Å². The second kappa shape index (κ2) is 8.83. The van der Waals surface area contributed by atoms with E-state index in [4.69, 9.17) is 4.74 Å². The first-order valence-corrected chi connectivity index (χ1v) is 8.94. The smallest absolute Gasteiger partial charge is 0.269 e. The fraction of sp³-hybridized carbons (Fsp3) is 0.143. The number of hydrogen-bond donors (Lipinski definition) is 1. The van der Waals surface area contributed by atoms with Crippen molar-refractivity contribution in [3.05, 3.63) is 98.5 Å². The Kier molecular flexibility index (Phi) is 6.03. The minimum atomic E-state index is -0.484. The number of carbonyl (C=O) groups is 1. The van der Waals surface area contributed by atoms with Gasteiger partial charge in [-0.1, -0.05) is 12.1 Å². The molecule has 0 atom stereocenters. The van der Waals surface area contributed by atoms with E-state index in [1.807, 2.05) is 6.92 Å². The van der Waals surface area contributed by atoms with Crippen molar-refractivity contribution in [1.82, 2.24) is 4.57 Å². The second-order valence-electron chi connectivity index (χ2n) is 6.22. The molecule has 0 saturated carbocycles. The van der Waals surface area contributed by atoms with Gasteiger partial charge in [0, 0.05) is 30.1 Å². The number of pyridine rings is 1. The lowest BCUT2D eigenvalue weighted by atomic mass is 10.2. The third kappa shape index (κ3) is 5.07. The number of rotatable bonds is 7. The number of nitrogens with zero attached hydrogens (tertiary/aromatic N) is 2. The van der Waals surface area contributed by atoms with Gasteiger partial charge in [-0.05, 0) is 42.8 Å². The number of anilines is 1. The molecular weight excluding hydrogens is 374 g/mol. The highest BCUT2D eigenvalue weighted by molar-refractivity contribution is 6.04. The molecule has 0 fully saturated rings. The van der Waals surface area contributed by atoms with Crippen molar-refractivity contribution >= 4 is 17.3 Å². The van der Waals surface area contributed by atoms with Crippen molar-refractivity contribution in [2.75, 3.05) is 11.9 Å². The van der Waals surface area contributed by atoms with E-state index in [2.05, 4.69) is 5.32 Å². The summed E-state index contributed by atoms with van der Waals surface area (Å²) in [5.74, 6) is 0.355. The number of nitrogens with one attached hydrogen (secondary N) is 1. The summed E-state index contributed by atoms with van der Waals surface area (Å²) in [6.07, 6.45) is 1.47. The Bertz CT molecular complexity index is 1070. The van der Waals surface area contributed by atoms with Gasteiger partial charge in [-0.2, -0.15) is 0 Å². The monoisotopic (exact) mass is 393 g/mol. The molecule has 0 unspecified atom stereocenters. The molecule has 1 heterocycles. The molecule has 3 aromatic rings. The maximum absolute atomic E-state index is 12.5. The van der Waals surface area contributed by atoms with E-state index in [1.165, 1.54) is 35.0 Å². The first kappa shape index (κ1) is 19.8. The normalized spacial score (nSPS) is 10.4. The zero-order chi connectivity index (χ0) is 20.8.